The Bertz CT molecular complexity index is 515. The summed E-state index contributed by atoms with van der Waals surface area (Å²) in [4.78, 5) is 11.5. The predicted octanol–water partition coefficient (Wildman–Crippen LogP) is 3.74. The van der Waals surface area contributed by atoms with Crippen molar-refractivity contribution < 1.29 is 9.21 Å². The normalized spacial score (nSPS) is 10.6. The van der Waals surface area contributed by atoms with Gasteiger partial charge in [-0.2, -0.15) is 0 Å². The molecule has 0 aliphatic carbocycles. The van der Waals surface area contributed by atoms with Crippen LogP contribution in [0.2, 0.25) is 5.02 Å². The van der Waals surface area contributed by atoms with E-state index in [2.05, 4.69) is 5.32 Å². The zero-order chi connectivity index (χ0) is 12.1. The van der Waals surface area contributed by atoms with Crippen LogP contribution in [-0.2, 0) is 0 Å². The molecule has 86 valence electrons. The number of nitrogens with one attached hydrogen (secondary N) is 1. The molecule has 0 saturated heterocycles. The van der Waals surface area contributed by atoms with Gasteiger partial charge in [0.15, 0.2) is 5.76 Å². The number of carbonyl (C=O) groups excluding carboxylic acids is 1. The molecule has 3 nitrogen and oxygen atoms in total. The number of allylic oxidation sites excluding steroid dienone is 1. The van der Waals surface area contributed by atoms with E-state index in [0.29, 0.717) is 10.8 Å². The maximum atomic E-state index is 11.5. The molecule has 1 aromatic carbocycles. The number of hydrogen-bond donors (Lipinski definition) is 1. The summed E-state index contributed by atoms with van der Waals surface area (Å²) >= 11 is 5.75. The van der Waals surface area contributed by atoms with Crippen LogP contribution in [0.1, 0.15) is 10.6 Å². The lowest BCUT2D eigenvalue weighted by atomic mass is 10.3. The van der Waals surface area contributed by atoms with Crippen molar-refractivity contribution in [3.05, 3.63) is 65.7 Å². The highest BCUT2D eigenvalue weighted by molar-refractivity contribution is 6.30. The van der Waals surface area contributed by atoms with Gasteiger partial charge in [0, 0.05) is 23.0 Å². The summed E-state index contributed by atoms with van der Waals surface area (Å²) in [5, 5.41) is 3.64. The first-order valence-corrected chi connectivity index (χ1v) is 5.40. The van der Waals surface area contributed by atoms with E-state index in [1.54, 1.807) is 30.5 Å². The van der Waals surface area contributed by atoms with Gasteiger partial charge in [-0.3, -0.25) is 4.79 Å². The van der Waals surface area contributed by atoms with Crippen LogP contribution < -0.4 is 5.32 Å². The third-order valence-electron chi connectivity index (χ3n) is 2.09. The van der Waals surface area contributed by atoms with Crippen LogP contribution in [0.3, 0.4) is 0 Å². The van der Waals surface area contributed by atoms with Crippen molar-refractivity contribution in [3.63, 3.8) is 0 Å². The molecule has 0 aliphatic heterocycles. The number of ketones is 1. The molecule has 0 aliphatic rings. The van der Waals surface area contributed by atoms with E-state index >= 15 is 0 Å². The molecule has 2 aromatic rings. The molecule has 1 heterocycles. The number of furan rings is 1. The van der Waals surface area contributed by atoms with Crippen LogP contribution in [-0.4, -0.2) is 5.78 Å². The number of carbonyl (C=O) groups is 1. The third-order valence-corrected chi connectivity index (χ3v) is 2.34. The fourth-order valence-corrected chi connectivity index (χ4v) is 1.39. The molecule has 4 heteroatoms. The molecule has 2 rings (SSSR count). The lowest BCUT2D eigenvalue weighted by Gasteiger charge is -1.99. The largest absolute Gasteiger partial charge is 0.461 e. The van der Waals surface area contributed by atoms with Crippen LogP contribution in [0, 0.1) is 0 Å². The van der Waals surface area contributed by atoms with E-state index in [0.717, 1.165) is 5.69 Å². The Kier molecular flexibility index (Phi) is 3.62. The standard InChI is InChI=1S/C13H10ClNO2/c14-10-3-5-11(6-4-10)15-8-7-12(16)13-2-1-9-17-13/h1-9,15H/b8-7+. The van der Waals surface area contributed by atoms with Crippen LogP contribution in [0.4, 0.5) is 5.69 Å². The second-order valence-corrected chi connectivity index (χ2v) is 3.76. The van der Waals surface area contributed by atoms with E-state index < -0.39 is 0 Å². The summed E-state index contributed by atoms with van der Waals surface area (Å²) in [6.07, 6.45) is 4.44. The topological polar surface area (TPSA) is 42.2 Å². The van der Waals surface area contributed by atoms with Gasteiger partial charge in [-0.05, 0) is 36.4 Å². The number of halogens is 1. The smallest absolute Gasteiger partial charge is 0.222 e. The van der Waals surface area contributed by atoms with Crippen molar-refractivity contribution in [1.82, 2.24) is 0 Å². The van der Waals surface area contributed by atoms with E-state index in [1.807, 2.05) is 12.1 Å². The Morgan fingerprint density at radius 1 is 1.24 bits per heavy atom. The van der Waals surface area contributed by atoms with E-state index in [-0.39, 0.29) is 5.78 Å². The summed E-state index contributed by atoms with van der Waals surface area (Å²) in [6.45, 7) is 0. The Balaban J connectivity index is 1.94. The van der Waals surface area contributed by atoms with Crippen molar-refractivity contribution in [2.24, 2.45) is 0 Å². The number of benzene rings is 1. The zero-order valence-electron chi connectivity index (χ0n) is 8.89. The van der Waals surface area contributed by atoms with Gasteiger partial charge in [0.05, 0.1) is 6.26 Å². The highest BCUT2D eigenvalue weighted by atomic mass is 35.5. The minimum absolute atomic E-state index is 0.184. The molecule has 0 bridgehead atoms. The average molecular weight is 248 g/mol. The fraction of sp³-hybridized carbons (Fsp3) is 0. The fourth-order valence-electron chi connectivity index (χ4n) is 1.26. The summed E-state index contributed by atoms with van der Waals surface area (Å²) in [7, 11) is 0. The average Bonchev–Trinajstić information content (AvgIpc) is 2.85. The quantitative estimate of drug-likeness (QED) is 0.661. The van der Waals surface area contributed by atoms with Crippen LogP contribution in [0.15, 0.2) is 59.4 Å². The van der Waals surface area contributed by atoms with Gasteiger partial charge in [-0.25, -0.2) is 0 Å². The third kappa shape index (κ3) is 3.23. The molecule has 0 atom stereocenters. The summed E-state index contributed by atoms with van der Waals surface area (Å²) in [5.74, 6) is 0.135. The second-order valence-electron chi connectivity index (χ2n) is 3.33. The summed E-state index contributed by atoms with van der Waals surface area (Å²) in [5.41, 5.74) is 0.859. The first kappa shape index (κ1) is 11.5. The first-order valence-electron chi connectivity index (χ1n) is 5.02. The zero-order valence-corrected chi connectivity index (χ0v) is 9.65. The van der Waals surface area contributed by atoms with Crippen LogP contribution in [0.25, 0.3) is 0 Å². The van der Waals surface area contributed by atoms with Gasteiger partial charge in [-0.1, -0.05) is 11.6 Å². The number of anilines is 1. The number of rotatable bonds is 4. The minimum Gasteiger partial charge on any atom is -0.461 e. The maximum absolute atomic E-state index is 11.5. The van der Waals surface area contributed by atoms with Crippen molar-refractivity contribution >= 4 is 23.1 Å². The summed E-state index contributed by atoms with van der Waals surface area (Å²) < 4.78 is 4.97. The molecule has 0 fully saturated rings. The van der Waals surface area contributed by atoms with Crippen LogP contribution in [0.5, 0.6) is 0 Å². The molecule has 17 heavy (non-hydrogen) atoms. The molecule has 0 unspecified atom stereocenters. The Morgan fingerprint density at radius 3 is 2.65 bits per heavy atom. The Labute approximate surface area is 104 Å². The molecular formula is C13H10ClNO2. The monoisotopic (exact) mass is 247 g/mol. The molecule has 1 N–H and O–H groups in total. The number of hydrogen-bond acceptors (Lipinski definition) is 3. The van der Waals surface area contributed by atoms with Gasteiger partial charge in [-0.15, -0.1) is 0 Å². The minimum atomic E-state index is -0.184. The van der Waals surface area contributed by atoms with Crippen LogP contribution >= 0.6 is 11.6 Å². The van der Waals surface area contributed by atoms with E-state index in [9.17, 15) is 4.79 Å². The van der Waals surface area contributed by atoms with Crippen molar-refractivity contribution in [1.29, 1.82) is 0 Å². The van der Waals surface area contributed by atoms with Gasteiger partial charge in [0.25, 0.3) is 0 Å². The SMILES string of the molecule is O=C(/C=C/Nc1ccc(Cl)cc1)c1ccco1. The Hall–Kier alpha value is -2.00. The molecule has 1 aromatic heterocycles. The lowest BCUT2D eigenvalue weighted by molar-refractivity contribution is 0.102. The highest BCUT2D eigenvalue weighted by Gasteiger charge is 2.02. The molecule has 0 radical (unpaired) electrons. The van der Waals surface area contributed by atoms with Crippen molar-refractivity contribution in [3.8, 4) is 0 Å². The molecule has 0 amide bonds. The Morgan fingerprint density at radius 2 is 2.00 bits per heavy atom. The van der Waals surface area contributed by atoms with Gasteiger partial charge in [0.1, 0.15) is 0 Å². The highest BCUT2D eigenvalue weighted by Crippen LogP contribution is 2.13. The van der Waals surface area contributed by atoms with Gasteiger partial charge in [0.2, 0.25) is 5.78 Å². The molecular weight excluding hydrogens is 238 g/mol. The molecule has 0 spiro atoms. The van der Waals surface area contributed by atoms with E-state index in [1.165, 1.54) is 12.3 Å². The summed E-state index contributed by atoms with van der Waals surface area (Å²) in [6, 6.07) is 10.5. The van der Waals surface area contributed by atoms with Gasteiger partial charge >= 0.3 is 0 Å². The van der Waals surface area contributed by atoms with E-state index in [4.69, 9.17) is 16.0 Å². The first-order chi connectivity index (χ1) is 8.25. The van der Waals surface area contributed by atoms with Crippen molar-refractivity contribution in [2.45, 2.75) is 0 Å². The van der Waals surface area contributed by atoms with Crippen molar-refractivity contribution in [2.75, 3.05) is 5.32 Å². The van der Waals surface area contributed by atoms with Gasteiger partial charge < -0.3 is 9.73 Å². The molecule has 0 saturated carbocycles. The second kappa shape index (κ2) is 5.37. The lowest BCUT2D eigenvalue weighted by Crippen LogP contribution is -1.94. The predicted molar refractivity (Wildman–Crippen MR) is 67.3 cm³/mol. The maximum Gasteiger partial charge on any atom is 0.222 e.